The smallest absolute Gasteiger partial charge is 0.417 e. The lowest BCUT2D eigenvalue weighted by Crippen LogP contribution is -2.22. The van der Waals surface area contributed by atoms with Crippen LogP contribution in [-0.2, 0) is 20.5 Å². The number of nitrogens with zero attached hydrogens (tertiary/aromatic N) is 1. The standard InChI is InChI=1S/C16H12ClF3N2O4/c17-11-4-8(16(18,19)20)6-21-14(11)22-13(23)7-26-15(24)10-5-9(10)12-2-1-3-25-12/h1-4,6,9-10H,5,7H2,(H,21,22,23)/t9-,10-/m1/s1. The van der Waals surface area contributed by atoms with Crippen LogP contribution in [0.5, 0.6) is 0 Å². The van der Waals surface area contributed by atoms with Gasteiger partial charge in [0.1, 0.15) is 5.76 Å². The number of carbonyl (C=O) groups excluding carboxylic acids is 2. The van der Waals surface area contributed by atoms with Gasteiger partial charge in [-0.15, -0.1) is 0 Å². The van der Waals surface area contributed by atoms with Gasteiger partial charge in [-0.05, 0) is 24.6 Å². The molecule has 1 saturated carbocycles. The molecule has 2 atom stereocenters. The van der Waals surface area contributed by atoms with E-state index < -0.39 is 30.2 Å². The molecule has 1 aliphatic carbocycles. The van der Waals surface area contributed by atoms with Gasteiger partial charge in [-0.2, -0.15) is 13.2 Å². The molecule has 0 aromatic carbocycles. The quantitative estimate of drug-likeness (QED) is 0.791. The average Bonchev–Trinajstić information content (AvgIpc) is 3.19. The van der Waals surface area contributed by atoms with Crippen molar-refractivity contribution < 1.29 is 31.9 Å². The first-order chi connectivity index (χ1) is 12.3. The zero-order valence-electron chi connectivity index (χ0n) is 13.0. The van der Waals surface area contributed by atoms with Gasteiger partial charge in [0, 0.05) is 12.1 Å². The van der Waals surface area contributed by atoms with Gasteiger partial charge in [-0.1, -0.05) is 11.6 Å². The third kappa shape index (κ3) is 4.16. The zero-order chi connectivity index (χ0) is 18.9. The molecule has 26 heavy (non-hydrogen) atoms. The van der Waals surface area contributed by atoms with Crippen LogP contribution >= 0.6 is 11.6 Å². The fourth-order valence-electron chi connectivity index (χ4n) is 2.37. The second-order valence-electron chi connectivity index (χ2n) is 5.67. The number of halogens is 4. The van der Waals surface area contributed by atoms with E-state index in [1.54, 1.807) is 12.1 Å². The summed E-state index contributed by atoms with van der Waals surface area (Å²) in [5.74, 6) is -1.32. The molecule has 0 unspecified atom stereocenters. The van der Waals surface area contributed by atoms with Crippen molar-refractivity contribution in [2.24, 2.45) is 5.92 Å². The normalized spacial score (nSPS) is 19.1. The summed E-state index contributed by atoms with van der Waals surface area (Å²) in [6.07, 6.45) is -1.97. The van der Waals surface area contributed by atoms with Crippen molar-refractivity contribution in [2.75, 3.05) is 11.9 Å². The molecule has 1 N–H and O–H groups in total. The molecule has 2 heterocycles. The van der Waals surface area contributed by atoms with Gasteiger partial charge in [0.05, 0.1) is 22.8 Å². The van der Waals surface area contributed by atoms with Crippen LogP contribution in [0.25, 0.3) is 0 Å². The van der Waals surface area contributed by atoms with Crippen molar-refractivity contribution in [1.29, 1.82) is 0 Å². The van der Waals surface area contributed by atoms with Crippen LogP contribution in [0.1, 0.15) is 23.7 Å². The number of pyridine rings is 1. The van der Waals surface area contributed by atoms with E-state index in [4.69, 9.17) is 20.8 Å². The number of anilines is 1. The third-order valence-corrected chi connectivity index (χ3v) is 4.06. The number of hydrogen-bond donors (Lipinski definition) is 1. The Bertz CT molecular complexity index is 823. The van der Waals surface area contributed by atoms with Crippen LogP contribution < -0.4 is 5.32 Å². The highest BCUT2D eigenvalue weighted by molar-refractivity contribution is 6.33. The van der Waals surface area contributed by atoms with E-state index in [-0.39, 0.29) is 22.7 Å². The number of hydrogen-bond acceptors (Lipinski definition) is 5. The summed E-state index contributed by atoms with van der Waals surface area (Å²) in [5.41, 5.74) is -1.04. The lowest BCUT2D eigenvalue weighted by molar-refractivity contribution is -0.148. The molecule has 6 nitrogen and oxygen atoms in total. The highest BCUT2D eigenvalue weighted by Gasteiger charge is 2.47. The monoisotopic (exact) mass is 388 g/mol. The van der Waals surface area contributed by atoms with E-state index in [2.05, 4.69) is 10.3 Å². The Balaban J connectivity index is 1.50. The summed E-state index contributed by atoms with van der Waals surface area (Å²) in [4.78, 5) is 27.1. The first kappa shape index (κ1) is 18.2. The van der Waals surface area contributed by atoms with Crippen molar-refractivity contribution in [2.45, 2.75) is 18.5 Å². The summed E-state index contributed by atoms with van der Waals surface area (Å²) in [6.45, 7) is -0.598. The van der Waals surface area contributed by atoms with Gasteiger partial charge in [0.2, 0.25) is 0 Å². The minimum absolute atomic E-state index is 0.0633. The molecule has 0 aliphatic heterocycles. The fourth-order valence-corrected chi connectivity index (χ4v) is 2.58. The first-order valence-electron chi connectivity index (χ1n) is 7.48. The van der Waals surface area contributed by atoms with Gasteiger partial charge < -0.3 is 14.5 Å². The van der Waals surface area contributed by atoms with Crippen molar-refractivity contribution in [3.05, 3.63) is 47.0 Å². The molecule has 3 rings (SSSR count). The summed E-state index contributed by atoms with van der Waals surface area (Å²) in [6, 6.07) is 4.11. The molecule has 1 fully saturated rings. The molecule has 138 valence electrons. The molecule has 2 aromatic heterocycles. The number of alkyl halides is 3. The van der Waals surface area contributed by atoms with Crippen LogP contribution in [0.3, 0.4) is 0 Å². The number of nitrogens with one attached hydrogen (secondary N) is 1. The number of furan rings is 1. The minimum Gasteiger partial charge on any atom is -0.469 e. The zero-order valence-corrected chi connectivity index (χ0v) is 13.8. The fraction of sp³-hybridized carbons (Fsp3) is 0.312. The lowest BCUT2D eigenvalue weighted by Gasteiger charge is -2.10. The number of carbonyl (C=O) groups is 2. The van der Waals surface area contributed by atoms with E-state index in [1.807, 2.05) is 0 Å². The molecular formula is C16H12ClF3N2O4. The Morgan fingerprint density at radius 2 is 2.19 bits per heavy atom. The number of amides is 1. The molecule has 0 spiro atoms. The maximum Gasteiger partial charge on any atom is 0.417 e. The molecule has 1 amide bonds. The van der Waals surface area contributed by atoms with Gasteiger partial charge in [-0.3, -0.25) is 9.59 Å². The van der Waals surface area contributed by atoms with E-state index in [9.17, 15) is 22.8 Å². The van der Waals surface area contributed by atoms with E-state index in [0.717, 1.165) is 0 Å². The Kier molecular flexibility index (Phi) is 4.90. The Hall–Kier alpha value is -2.55. The van der Waals surface area contributed by atoms with Gasteiger partial charge in [-0.25, -0.2) is 4.98 Å². The molecule has 10 heteroatoms. The van der Waals surface area contributed by atoms with Crippen LogP contribution in [0.2, 0.25) is 5.02 Å². The van der Waals surface area contributed by atoms with E-state index in [0.29, 0.717) is 24.4 Å². The lowest BCUT2D eigenvalue weighted by atomic mass is 10.2. The van der Waals surface area contributed by atoms with Crippen molar-refractivity contribution in [1.82, 2.24) is 4.98 Å². The largest absolute Gasteiger partial charge is 0.469 e. The Morgan fingerprint density at radius 3 is 2.81 bits per heavy atom. The maximum atomic E-state index is 12.5. The topological polar surface area (TPSA) is 81.4 Å². The maximum absolute atomic E-state index is 12.5. The molecule has 1 aliphatic rings. The van der Waals surface area contributed by atoms with Gasteiger partial charge in [0.25, 0.3) is 5.91 Å². The van der Waals surface area contributed by atoms with Gasteiger partial charge >= 0.3 is 12.1 Å². The number of esters is 1. The predicted molar refractivity (Wildman–Crippen MR) is 83.4 cm³/mol. The van der Waals surface area contributed by atoms with Gasteiger partial charge in [0.15, 0.2) is 12.4 Å². The summed E-state index contributed by atoms with van der Waals surface area (Å²) >= 11 is 5.68. The average molecular weight is 389 g/mol. The van der Waals surface area contributed by atoms with Crippen molar-refractivity contribution >= 4 is 29.3 Å². The molecule has 2 aromatic rings. The highest BCUT2D eigenvalue weighted by atomic mass is 35.5. The number of aromatic nitrogens is 1. The van der Waals surface area contributed by atoms with Crippen molar-refractivity contribution in [3.8, 4) is 0 Å². The van der Waals surface area contributed by atoms with Crippen LogP contribution in [-0.4, -0.2) is 23.5 Å². The summed E-state index contributed by atoms with van der Waals surface area (Å²) in [7, 11) is 0. The molecule has 0 bridgehead atoms. The van der Waals surface area contributed by atoms with Crippen LogP contribution in [0.15, 0.2) is 35.1 Å². The van der Waals surface area contributed by atoms with Crippen LogP contribution in [0, 0.1) is 5.92 Å². The predicted octanol–water partition coefficient (Wildman–Crippen LogP) is 3.63. The van der Waals surface area contributed by atoms with E-state index in [1.165, 1.54) is 6.26 Å². The first-order valence-corrected chi connectivity index (χ1v) is 7.86. The second kappa shape index (κ2) is 6.99. The summed E-state index contributed by atoms with van der Waals surface area (Å²) in [5, 5.41) is 1.82. The SMILES string of the molecule is O=C(COC(=O)[C@@H]1C[C@H]1c1ccco1)Nc1ncc(C(F)(F)F)cc1Cl. The van der Waals surface area contributed by atoms with Crippen molar-refractivity contribution in [3.63, 3.8) is 0 Å². The highest BCUT2D eigenvalue weighted by Crippen LogP contribution is 2.48. The second-order valence-corrected chi connectivity index (χ2v) is 6.08. The van der Waals surface area contributed by atoms with E-state index >= 15 is 0 Å². The minimum atomic E-state index is -4.59. The Labute approximate surface area is 150 Å². The molecule has 0 radical (unpaired) electrons. The number of ether oxygens (including phenoxy) is 1. The number of rotatable bonds is 5. The van der Waals surface area contributed by atoms with Crippen LogP contribution in [0.4, 0.5) is 19.0 Å². The molecular weight excluding hydrogens is 377 g/mol. The third-order valence-electron chi connectivity index (χ3n) is 3.77. The summed E-state index contributed by atoms with van der Waals surface area (Å²) < 4.78 is 47.7. The molecule has 0 saturated heterocycles. The Morgan fingerprint density at radius 1 is 1.42 bits per heavy atom.